The molecule has 0 fully saturated rings. The Morgan fingerprint density at radius 3 is 2.19 bits per heavy atom. The van der Waals surface area contributed by atoms with E-state index in [4.69, 9.17) is 23.2 Å². The van der Waals surface area contributed by atoms with E-state index in [1.807, 2.05) is 0 Å². The molecule has 4 nitrogen and oxygen atoms in total. The van der Waals surface area contributed by atoms with Gasteiger partial charge in [0.05, 0.1) is 0 Å². The number of carbonyl (C=O) groups excluding carboxylic acids is 2. The van der Waals surface area contributed by atoms with Crippen LogP contribution in [0.4, 0.5) is 0 Å². The summed E-state index contributed by atoms with van der Waals surface area (Å²) in [6, 6.07) is 8.05. The fourth-order valence-corrected chi connectivity index (χ4v) is 1.06. The lowest BCUT2D eigenvalue weighted by Crippen LogP contribution is -2.22. The number of carbonyl (C=O) groups is 2. The van der Waals surface area contributed by atoms with E-state index >= 15 is 0 Å². The molecule has 0 amide bonds. The molecule has 0 heterocycles. The van der Waals surface area contributed by atoms with Gasteiger partial charge in [-0.25, -0.2) is 9.59 Å². The average Bonchev–Trinajstić information content (AvgIpc) is 2.28. The predicted octanol–water partition coefficient (Wildman–Crippen LogP) is 1.59. The summed E-state index contributed by atoms with van der Waals surface area (Å²) in [4.78, 5) is 20.7. The first-order valence-corrected chi connectivity index (χ1v) is 5.16. The van der Waals surface area contributed by atoms with Gasteiger partial charge in [0, 0.05) is 0 Å². The van der Waals surface area contributed by atoms with Crippen molar-refractivity contribution in [3.63, 3.8) is 0 Å². The molecule has 0 radical (unpaired) electrons. The second kappa shape index (κ2) is 5.84. The van der Waals surface area contributed by atoms with Crippen molar-refractivity contribution in [3.05, 3.63) is 35.9 Å². The third-order valence-corrected chi connectivity index (χ3v) is 2.07. The molecule has 1 N–H and O–H groups in total. The molecule has 1 aromatic carbocycles. The van der Waals surface area contributed by atoms with Gasteiger partial charge in [-0.15, -0.1) is 0 Å². The van der Waals surface area contributed by atoms with Crippen LogP contribution in [-0.4, -0.2) is 21.9 Å². The smallest absolute Gasteiger partial charge is 0.347 e. The zero-order chi connectivity index (χ0) is 12.1. The van der Waals surface area contributed by atoms with Crippen LogP contribution in [0.1, 0.15) is 11.7 Å². The van der Waals surface area contributed by atoms with E-state index in [9.17, 15) is 14.7 Å². The minimum absolute atomic E-state index is 0.320. The van der Waals surface area contributed by atoms with Crippen LogP contribution >= 0.6 is 23.2 Å². The van der Waals surface area contributed by atoms with Crippen molar-refractivity contribution < 1.29 is 19.4 Å². The Bertz CT molecular complexity index is 378. The van der Waals surface area contributed by atoms with Crippen LogP contribution in [0.15, 0.2) is 30.3 Å². The third kappa shape index (κ3) is 3.48. The van der Waals surface area contributed by atoms with Gasteiger partial charge in [0.2, 0.25) is 4.84 Å². The summed E-state index contributed by atoms with van der Waals surface area (Å²) < 4.78 is 4.24. The molecule has 86 valence electrons. The van der Waals surface area contributed by atoms with Crippen molar-refractivity contribution in [2.24, 2.45) is 0 Å². The quantitative estimate of drug-likeness (QED) is 0.511. The molecule has 1 unspecified atom stereocenters. The fraction of sp³-hybridized carbons (Fsp3) is 0.200. The van der Waals surface area contributed by atoms with Crippen LogP contribution in [0, 0.1) is 0 Å². The van der Waals surface area contributed by atoms with E-state index in [0.29, 0.717) is 5.56 Å². The Kier molecular flexibility index (Phi) is 4.73. The molecule has 0 aromatic heterocycles. The highest BCUT2D eigenvalue weighted by Crippen LogP contribution is 2.15. The normalized spacial score (nSPS) is 12.2. The number of aliphatic hydroxyl groups excluding tert-OH is 1. The van der Waals surface area contributed by atoms with E-state index in [0.717, 1.165) is 0 Å². The third-order valence-electron chi connectivity index (χ3n) is 1.72. The lowest BCUT2D eigenvalue weighted by atomic mass is 10.1. The van der Waals surface area contributed by atoms with Gasteiger partial charge in [0.15, 0.2) is 6.10 Å². The van der Waals surface area contributed by atoms with Crippen LogP contribution in [0.2, 0.25) is 0 Å². The average molecular weight is 263 g/mol. The van der Waals surface area contributed by atoms with Crippen molar-refractivity contribution in [1.82, 2.24) is 0 Å². The largest absolute Gasteiger partial charge is 0.389 e. The Morgan fingerprint density at radius 1 is 1.12 bits per heavy atom. The maximum Gasteiger partial charge on any atom is 0.347 e. The maximum atomic E-state index is 11.2. The van der Waals surface area contributed by atoms with Crippen LogP contribution in [0.3, 0.4) is 0 Å². The standard InChI is InChI=1S/C10H8Cl2O4/c11-8(12)10(15)16-9(14)7(13)6-4-2-1-3-5-6/h1-5,7-8,13H. The summed E-state index contributed by atoms with van der Waals surface area (Å²) in [5.74, 6) is -2.22. The van der Waals surface area contributed by atoms with Gasteiger partial charge in [0.25, 0.3) is 0 Å². The second-order valence-electron chi connectivity index (χ2n) is 2.85. The van der Waals surface area contributed by atoms with Crippen molar-refractivity contribution >= 4 is 35.1 Å². The van der Waals surface area contributed by atoms with E-state index in [-0.39, 0.29) is 0 Å². The van der Waals surface area contributed by atoms with E-state index in [2.05, 4.69) is 4.74 Å². The van der Waals surface area contributed by atoms with Crippen LogP contribution in [0.5, 0.6) is 0 Å². The Labute approximate surface area is 102 Å². The summed E-state index contributed by atoms with van der Waals surface area (Å²) in [7, 11) is 0. The van der Waals surface area contributed by atoms with Crippen LogP contribution < -0.4 is 0 Å². The first kappa shape index (κ1) is 13.0. The number of hydrogen-bond donors (Lipinski definition) is 1. The minimum atomic E-state index is -1.53. The van der Waals surface area contributed by atoms with Gasteiger partial charge >= 0.3 is 11.9 Å². The zero-order valence-electron chi connectivity index (χ0n) is 7.97. The number of hydrogen-bond acceptors (Lipinski definition) is 4. The van der Waals surface area contributed by atoms with Gasteiger partial charge in [0.1, 0.15) is 0 Å². The summed E-state index contributed by atoms with van der Waals surface area (Å²) >= 11 is 10.4. The SMILES string of the molecule is O=C(OC(=O)C(O)c1ccccc1)C(Cl)Cl. The lowest BCUT2D eigenvalue weighted by molar-refractivity contribution is -0.165. The Balaban J connectivity index is 2.65. The maximum absolute atomic E-state index is 11.2. The highest BCUT2D eigenvalue weighted by Gasteiger charge is 2.24. The summed E-state index contributed by atoms with van der Waals surface area (Å²) in [5.41, 5.74) is 0.320. The zero-order valence-corrected chi connectivity index (χ0v) is 9.48. The van der Waals surface area contributed by atoms with Crippen LogP contribution in [-0.2, 0) is 14.3 Å². The lowest BCUT2D eigenvalue weighted by Gasteiger charge is -2.09. The second-order valence-corrected chi connectivity index (χ2v) is 3.95. The van der Waals surface area contributed by atoms with Gasteiger partial charge in [-0.2, -0.15) is 0 Å². The summed E-state index contributed by atoms with van der Waals surface area (Å²) in [5, 5.41) is 9.51. The summed E-state index contributed by atoms with van der Waals surface area (Å²) in [6.07, 6.45) is -1.53. The topological polar surface area (TPSA) is 63.6 Å². The van der Waals surface area contributed by atoms with E-state index in [1.165, 1.54) is 12.1 Å². The highest BCUT2D eigenvalue weighted by atomic mass is 35.5. The van der Waals surface area contributed by atoms with Crippen molar-refractivity contribution in [2.45, 2.75) is 10.9 Å². The molecule has 0 aliphatic rings. The molecule has 0 spiro atoms. The van der Waals surface area contributed by atoms with Gasteiger partial charge < -0.3 is 9.84 Å². The van der Waals surface area contributed by atoms with Crippen molar-refractivity contribution in [3.8, 4) is 0 Å². The number of aliphatic hydroxyl groups is 1. The predicted molar refractivity (Wildman–Crippen MR) is 58.0 cm³/mol. The van der Waals surface area contributed by atoms with Crippen LogP contribution in [0.25, 0.3) is 0 Å². The van der Waals surface area contributed by atoms with E-state index < -0.39 is 22.9 Å². The Morgan fingerprint density at radius 2 is 1.69 bits per heavy atom. The minimum Gasteiger partial charge on any atom is -0.389 e. The van der Waals surface area contributed by atoms with Gasteiger partial charge in [-0.3, -0.25) is 0 Å². The molecule has 16 heavy (non-hydrogen) atoms. The monoisotopic (exact) mass is 262 g/mol. The number of benzene rings is 1. The molecule has 6 heteroatoms. The molecular weight excluding hydrogens is 255 g/mol. The van der Waals surface area contributed by atoms with Crippen molar-refractivity contribution in [1.29, 1.82) is 0 Å². The molecule has 0 aliphatic carbocycles. The first-order valence-electron chi connectivity index (χ1n) is 4.29. The number of halogens is 2. The number of esters is 2. The molecule has 0 bridgehead atoms. The van der Waals surface area contributed by atoms with Gasteiger partial charge in [-0.1, -0.05) is 53.5 Å². The number of ether oxygens (including phenoxy) is 1. The number of rotatable bonds is 3. The number of alkyl halides is 2. The summed E-state index contributed by atoms with van der Waals surface area (Å²) in [6.45, 7) is 0. The molecule has 0 aliphatic heterocycles. The molecule has 0 saturated carbocycles. The first-order chi connectivity index (χ1) is 7.52. The van der Waals surface area contributed by atoms with Gasteiger partial charge in [-0.05, 0) is 5.56 Å². The molecular formula is C10H8Cl2O4. The molecule has 0 saturated heterocycles. The highest BCUT2D eigenvalue weighted by molar-refractivity contribution is 6.53. The fourth-order valence-electron chi connectivity index (χ4n) is 0.971. The molecule has 1 aromatic rings. The van der Waals surface area contributed by atoms with Crippen molar-refractivity contribution in [2.75, 3.05) is 0 Å². The Hall–Kier alpha value is -1.10. The molecule has 1 rings (SSSR count). The molecule has 1 atom stereocenters. The van der Waals surface area contributed by atoms with E-state index in [1.54, 1.807) is 18.2 Å².